The van der Waals surface area contributed by atoms with Gasteiger partial charge in [0.05, 0.1) is 19.8 Å². The Morgan fingerprint density at radius 1 is 1.33 bits per heavy atom. The third-order valence-corrected chi connectivity index (χ3v) is 2.99. The quantitative estimate of drug-likeness (QED) is 0.808. The molecule has 1 unspecified atom stereocenters. The van der Waals surface area contributed by atoms with E-state index >= 15 is 0 Å². The number of benzene rings is 1. The Labute approximate surface area is 105 Å². The smallest absolute Gasteiger partial charge is 0.339 e. The fourth-order valence-corrected chi connectivity index (χ4v) is 2.12. The molecule has 98 valence electrons. The average molecular weight is 252 g/mol. The third-order valence-electron chi connectivity index (χ3n) is 2.99. The van der Waals surface area contributed by atoms with Gasteiger partial charge in [0.15, 0.2) is 0 Å². The maximum Gasteiger partial charge on any atom is 0.339 e. The molecular weight excluding hydrogens is 236 g/mol. The summed E-state index contributed by atoms with van der Waals surface area (Å²) in [5.41, 5.74) is 1.23. The van der Waals surface area contributed by atoms with Crippen LogP contribution in [0.1, 0.15) is 34.9 Å². The molecule has 5 heteroatoms. The van der Waals surface area contributed by atoms with Gasteiger partial charge in [-0.25, -0.2) is 4.79 Å². The van der Waals surface area contributed by atoms with Crippen molar-refractivity contribution in [1.82, 2.24) is 0 Å². The minimum absolute atomic E-state index is 0.0713. The first kappa shape index (κ1) is 12.7. The SMILES string of the molecule is COc1cc(OC)c2c(c1)C(=O)OC2CCCO. The van der Waals surface area contributed by atoms with E-state index in [1.807, 2.05) is 0 Å². The molecule has 5 nitrogen and oxygen atoms in total. The average Bonchev–Trinajstić information content (AvgIpc) is 2.72. The number of ether oxygens (including phenoxy) is 3. The summed E-state index contributed by atoms with van der Waals surface area (Å²) in [5, 5.41) is 8.86. The Bertz CT molecular complexity index is 455. The summed E-state index contributed by atoms with van der Waals surface area (Å²) in [6.45, 7) is 0.0713. The van der Waals surface area contributed by atoms with Gasteiger partial charge in [0.2, 0.25) is 0 Å². The molecule has 0 saturated carbocycles. The first-order valence-electron chi connectivity index (χ1n) is 5.79. The lowest BCUT2D eigenvalue weighted by Gasteiger charge is -2.13. The zero-order chi connectivity index (χ0) is 13.1. The highest BCUT2D eigenvalue weighted by Gasteiger charge is 2.34. The molecule has 1 aromatic carbocycles. The second-order valence-electron chi connectivity index (χ2n) is 4.05. The van der Waals surface area contributed by atoms with Gasteiger partial charge in [-0.2, -0.15) is 0 Å². The summed E-state index contributed by atoms with van der Waals surface area (Å²) in [5.74, 6) is 0.772. The van der Waals surface area contributed by atoms with E-state index in [0.29, 0.717) is 29.9 Å². The number of hydrogen-bond acceptors (Lipinski definition) is 5. The lowest BCUT2D eigenvalue weighted by Crippen LogP contribution is -2.01. The number of cyclic esters (lactones) is 1. The van der Waals surface area contributed by atoms with Crippen LogP contribution < -0.4 is 9.47 Å². The maximum absolute atomic E-state index is 11.8. The molecule has 1 N–H and O–H groups in total. The summed E-state index contributed by atoms with van der Waals surface area (Å²) in [6.07, 6.45) is 0.810. The lowest BCUT2D eigenvalue weighted by molar-refractivity contribution is 0.0351. The number of rotatable bonds is 5. The highest BCUT2D eigenvalue weighted by molar-refractivity contribution is 5.95. The van der Waals surface area contributed by atoms with Crippen molar-refractivity contribution < 1.29 is 24.1 Å². The van der Waals surface area contributed by atoms with Gasteiger partial charge in [0.1, 0.15) is 17.6 Å². The van der Waals surface area contributed by atoms with Gasteiger partial charge >= 0.3 is 5.97 Å². The molecule has 0 aromatic heterocycles. The van der Waals surface area contributed by atoms with Gasteiger partial charge in [0.25, 0.3) is 0 Å². The third kappa shape index (κ3) is 2.13. The number of carbonyl (C=O) groups is 1. The topological polar surface area (TPSA) is 65.0 Å². The van der Waals surface area contributed by atoms with Crippen LogP contribution >= 0.6 is 0 Å². The van der Waals surface area contributed by atoms with Crippen molar-refractivity contribution in [3.8, 4) is 11.5 Å². The summed E-state index contributed by atoms with van der Waals surface area (Å²) in [6, 6.07) is 3.38. The van der Waals surface area contributed by atoms with E-state index in [-0.39, 0.29) is 18.7 Å². The minimum Gasteiger partial charge on any atom is -0.497 e. The number of carbonyl (C=O) groups excluding carboxylic acids is 1. The number of aliphatic hydroxyl groups excluding tert-OH is 1. The molecule has 0 spiro atoms. The van der Waals surface area contributed by atoms with Crippen LogP contribution in [0, 0.1) is 0 Å². The number of aliphatic hydroxyl groups is 1. The van der Waals surface area contributed by atoms with E-state index in [1.165, 1.54) is 7.11 Å². The predicted octanol–water partition coefficient (Wildman–Crippen LogP) is 1.69. The first-order valence-corrected chi connectivity index (χ1v) is 5.79. The molecule has 0 amide bonds. The minimum atomic E-state index is -0.370. The van der Waals surface area contributed by atoms with Crippen LogP contribution in [-0.4, -0.2) is 31.9 Å². The van der Waals surface area contributed by atoms with E-state index in [2.05, 4.69) is 0 Å². The Kier molecular flexibility index (Phi) is 3.72. The Morgan fingerprint density at radius 2 is 2.11 bits per heavy atom. The van der Waals surface area contributed by atoms with Crippen molar-refractivity contribution in [3.05, 3.63) is 23.3 Å². The van der Waals surface area contributed by atoms with Gasteiger partial charge < -0.3 is 19.3 Å². The second-order valence-corrected chi connectivity index (χ2v) is 4.05. The molecule has 2 rings (SSSR count). The number of hydrogen-bond donors (Lipinski definition) is 1. The van der Waals surface area contributed by atoms with Crippen molar-refractivity contribution in [3.63, 3.8) is 0 Å². The predicted molar refractivity (Wildman–Crippen MR) is 64.0 cm³/mol. The first-order chi connectivity index (χ1) is 8.71. The van der Waals surface area contributed by atoms with Crippen LogP contribution in [0.25, 0.3) is 0 Å². The highest BCUT2D eigenvalue weighted by Crippen LogP contribution is 2.42. The van der Waals surface area contributed by atoms with E-state index in [9.17, 15) is 4.79 Å². The number of fused-ring (bicyclic) bond motifs is 1. The molecular formula is C13H16O5. The fourth-order valence-electron chi connectivity index (χ4n) is 2.12. The van der Waals surface area contributed by atoms with Crippen molar-refractivity contribution in [2.45, 2.75) is 18.9 Å². The van der Waals surface area contributed by atoms with Crippen molar-refractivity contribution >= 4 is 5.97 Å². The van der Waals surface area contributed by atoms with Crippen molar-refractivity contribution in [2.75, 3.05) is 20.8 Å². The van der Waals surface area contributed by atoms with Gasteiger partial charge in [-0.1, -0.05) is 0 Å². The molecule has 1 heterocycles. The summed E-state index contributed by atoms with van der Waals surface area (Å²) in [4.78, 5) is 11.8. The van der Waals surface area contributed by atoms with Crippen LogP contribution in [0.2, 0.25) is 0 Å². The molecule has 0 aliphatic carbocycles. The lowest BCUT2D eigenvalue weighted by atomic mass is 10.0. The van der Waals surface area contributed by atoms with E-state index in [1.54, 1.807) is 19.2 Å². The van der Waals surface area contributed by atoms with Crippen LogP contribution in [0.4, 0.5) is 0 Å². The van der Waals surface area contributed by atoms with E-state index < -0.39 is 0 Å². The van der Waals surface area contributed by atoms with E-state index in [0.717, 1.165) is 5.56 Å². The molecule has 0 fully saturated rings. The zero-order valence-electron chi connectivity index (χ0n) is 10.4. The molecule has 0 bridgehead atoms. The molecule has 1 aliphatic rings. The molecule has 0 saturated heterocycles. The largest absolute Gasteiger partial charge is 0.497 e. The van der Waals surface area contributed by atoms with Crippen LogP contribution in [0.15, 0.2) is 12.1 Å². The summed E-state index contributed by atoms with van der Waals surface area (Å²) >= 11 is 0. The Morgan fingerprint density at radius 3 is 2.72 bits per heavy atom. The summed E-state index contributed by atoms with van der Waals surface area (Å²) in [7, 11) is 3.08. The standard InChI is InChI=1S/C13H16O5/c1-16-8-6-9-12(11(7-8)17-2)10(4-3-5-14)18-13(9)15/h6-7,10,14H,3-5H2,1-2H3. The van der Waals surface area contributed by atoms with Crippen LogP contribution in [0.5, 0.6) is 11.5 Å². The van der Waals surface area contributed by atoms with Crippen molar-refractivity contribution in [2.24, 2.45) is 0 Å². The number of methoxy groups -OCH3 is 2. The molecule has 0 radical (unpaired) electrons. The van der Waals surface area contributed by atoms with Gasteiger partial charge in [-0.15, -0.1) is 0 Å². The number of esters is 1. The Hall–Kier alpha value is -1.75. The molecule has 1 aliphatic heterocycles. The summed E-state index contributed by atoms with van der Waals surface area (Å²) < 4.78 is 15.7. The van der Waals surface area contributed by atoms with Gasteiger partial charge in [-0.05, 0) is 18.9 Å². The van der Waals surface area contributed by atoms with Crippen molar-refractivity contribution in [1.29, 1.82) is 0 Å². The van der Waals surface area contributed by atoms with E-state index in [4.69, 9.17) is 19.3 Å². The van der Waals surface area contributed by atoms with Crippen LogP contribution in [0.3, 0.4) is 0 Å². The normalized spacial score (nSPS) is 17.3. The maximum atomic E-state index is 11.8. The second kappa shape index (κ2) is 5.27. The monoisotopic (exact) mass is 252 g/mol. The van der Waals surface area contributed by atoms with Crippen LogP contribution in [-0.2, 0) is 4.74 Å². The molecule has 1 aromatic rings. The Balaban J connectivity index is 2.41. The molecule has 1 atom stereocenters. The van der Waals surface area contributed by atoms with Gasteiger partial charge in [-0.3, -0.25) is 0 Å². The highest BCUT2D eigenvalue weighted by atomic mass is 16.6. The zero-order valence-corrected chi connectivity index (χ0v) is 10.4. The fraction of sp³-hybridized carbons (Fsp3) is 0.462. The molecule has 18 heavy (non-hydrogen) atoms. The van der Waals surface area contributed by atoms with Gasteiger partial charge in [0, 0.05) is 18.2 Å².